The molecule has 0 bridgehead atoms. The predicted octanol–water partition coefficient (Wildman–Crippen LogP) is -0.723. The first-order valence-electron chi connectivity index (χ1n) is 3.81. The van der Waals surface area contributed by atoms with Crippen LogP contribution in [0.5, 0.6) is 0 Å². The zero-order valence-electron chi connectivity index (χ0n) is 7.31. The molecule has 0 aliphatic rings. The van der Waals surface area contributed by atoms with Gasteiger partial charge in [-0.1, -0.05) is 0 Å². The fraction of sp³-hybridized carbons (Fsp3) is 0. The molecule has 2 aromatic rings. The summed E-state index contributed by atoms with van der Waals surface area (Å²) in [5, 5.41) is 3.82. The fourth-order valence-electron chi connectivity index (χ4n) is 1.01. The lowest BCUT2D eigenvalue weighted by Crippen LogP contribution is -2.17. The molecular formula is C6H6BrN7O. The first-order valence-corrected chi connectivity index (χ1v) is 4.60. The van der Waals surface area contributed by atoms with Gasteiger partial charge in [-0.15, -0.1) is 5.10 Å². The minimum atomic E-state index is -0.444. The molecule has 2 heterocycles. The number of H-pyrrole nitrogens is 1. The van der Waals surface area contributed by atoms with E-state index >= 15 is 0 Å². The van der Waals surface area contributed by atoms with Gasteiger partial charge in [-0.05, 0) is 15.9 Å². The first kappa shape index (κ1) is 9.65. The van der Waals surface area contributed by atoms with E-state index in [0.717, 1.165) is 0 Å². The average Bonchev–Trinajstić information content (AvgIpc) is 2.50. The topological polar surface area (TPSA) is 128 Å². The summed E-state index contributed by atoms with van der Waals surface area (Å²) in [5.74, 6) is 0.234. The lowest BCUT2D eigenvalue weighted by Gasteiger charge is -2.02. The van der Waals surface area contributed by atoms with Crippen LogP contribution in [-0.4, -0.2) is 24.7 Å². The zero-order valence-corrected chi connectivity index (χ0v) is 8.89. The van der Waals surface area contributed by atoms with Crippen LogP contribution >= 0.6 is 15.9 Å². The van der Waals surface area contributed by atoms with Gasteiger partial charge >= 0.3 is 0 Å². The first-order chi connectivity index (χ1) is 7.09. The quantitative estimate of drug-likeness (QED) is 0.628. The molecule has 9 heteroatoms. The summed E-state index contributed by atoms with van der Waals surface area (Å²) >= 11 is 3.11. The highest BCUT2D eigenvalue weighted by Crippen LogP contribution is 2.15. The van der Waals surface area contributed by atoms with Crippen LogP contribution in [0.4, 0.5) is 11.6 Å². The third-order valence-electron chi connectivity index (χ3n) is 1.65. The predicted molar refractivity (Wildman–Crippen MR) is 56.3 cm³/mol. The van der Waals surface area contributed by atoms with Crippen LogP contribution in [0, 0.1) is 0 Å². The molecule has 0 saturated heterocycles. The molecule has 0 atom stereocenters. The molecule has 0 spiro atoms. The average molecular weight is 272 g/mol. The highest BCUT2D eigenvalue weighted by Gasteiger charge is 2.12. The van der Waals surface area contributed by atoms with Crippen molar-refractivity contribution in [2.75, 3.05) is 11.5 Å². The van der Waals surface area contributed by atoms with E-state index in [9.17, 15) is 4.79 Å². The second-order valence-electron chi connectivity index (χ2n) is 2.62. The minimum absolute atomic E-state index is 0.0527. The van der Waals surface area contributed by atoms with Gasteiger partial charge < -0.3 is 16.5 Å². The van der Waals surface area contributed by atoms with Gasteiger partial charge in [-0.2, -0.15) is 9.67 Å². The second-order valence-corrected chi connectivity index (χ2v) is 3.33. The van der Waals surface area contributed by atoms with E-state index < -0.39 is 5.56 Å². The van der Waals surface area contributed by atoms with Crippen molar-refractivity contribution in [3.05, 3.63) is 21.4 Å². The highest BCUT2D eigenvalue weighted by molar-refractivity contribution is 9.10. The molecule has 8 nitrogen and oxygen atoms in total. The van der Waals surface area contributed by atoms with Crippen LogP contribution < -0.4 is 17.0 Å². The molecule has 0 aliphatic heterocycles. The van der Waals surface area contributed by atoms with E-state index in [0.29, 0.717) is 4.73 Å². The van der Waals surface area contributed by atoms with Crippen molar-refractivity contribution in [2.45, 2.75) is 0 Å². The van der Waals surface area contributed by atoms with Crippen molar-refractivity contribution in [1.29, 1.82) is 0 Å². The highest BCUT2D eigenvalue weighted by atomic mass is 79.9. The van der Waals surface area contributed by atoms with Crippen LogP contribution in [0.2, 0.25) is 0 Å². The lowest BCUT2D eigenvalue weighted by molar-refractivity contribution is 0.821. The number of nitrogen functional groups attached to an aromatic ring is 2. The Morgan fingerprint density at radius 2 is 2.20 bits per heavy atom. The summed E-state index contributed by atoms with van der Waals surface area (Å²) in [6, 6.07) is 0. The van der Waals surface area contributed by atoms with Gasteiger partial charge in [0.15, 0.2) is 5.82 Å². The zero-order chi connectivity index (χ0) is 11.0. The normalized spacial score (nSPS) is 10.5. The molecule has 0 amide bonds. The van der Waals surface area contributed by atoms with E-state index in [1.54, 1.807) is 0 Å². The Hall–Kier alpha value is -1.90. The Morgan fingerprint density at radius 1 is 1.47 bits per heavy atom. The molecule has 0 unspecified atom stereocenters. The number of hydrogen-bond donors (Lipinski definition) is 3. The van der Waals surface area contributed by atoms with Crippen molar-refractivity contribution in [2.24, 2.45) is 0 Å². The molecule has 2 aromatic heterocycles. The number of rotatable bonds is 1. The maximum absolute atomic E-state index is 11.2. The number of aromatic amines is 1. The van der Waals surface area contributed by atoms with Crippen molar-refractivity contribution < 1.29 is 0 Å². The summed E-state index contributed by atoms with van der Waals surface area (Å²) < 4.78 is 1.56. The minimum Gasteiger partial charge on any atom is -0.391 e. The Bertz CT molecular complexity index is 559. The summed E-state index contributed by atoms with van der Waals surface area (Å²) in [6.45, 7) is 0. The number of hydrogen-bond acceptors (Lipinski definition) is 6. The molecule has 0 aromatic carbocycles. The number of nitrogens with two attached hydrogens (primary N) is 2. The maximum Gasteiger partial charge on any atom is 0.276 e. The van der Waals surface area contributed by atoms with Gasteiger partial charge in [0, 0.05) is 0 Å². The lowest BCUT2D eigenvalue weighted by atomic mass is 10.5. The van der Waals surface area contributed by atoms with Crippen LogP contribution in [-0.2, 0) is 0 Å². The summed E-state index contributed by atoms with van der Waals surface area (Å²) in [4.78, 5) is 21.2. The number of nitrogens with zero attached hydrogens (tertiary/aromatic N) is 4. The van der Waals surface area contributed by atoms with Gasteiger partial charge in [0.1, 0.15) is 5.69 Å². The van der Waals surface area contributed by atoms with Crippen LogP contribution in [0.1, 0.15) is 0 Å². The largest absolute Gasteiger partial charge is 0.391 e. The Kier molecular flexibility index (Phi) is 2.15. The van der Waals surface area contributed by atoms with Crippen LogP contribution in [0.15, 0.2) is 15.9 Å². The number of nitrogens with one attached hydrogen (secondary N) is 1. The summed E-state index contributed by atoms with van der Waals surface area (Å²) in [5.41, 5.74) is 10.4. The van der Waals surface area contributed by atoms with Gasteiger partial charge in [0.2, 0.25) is 10.7 Å². The third-order valence-corrected chi connectivity index (χ3v) is 2.17. The van der Waals surface area contributed by atoms with E-state index in [1.165, 1.54) is 11.0 Å². The fourth-order valence-corrected chi connectivity index (χ4v) is 1.44. The Balaban J connectivity index is 2.69. The van der Waals surface area contributed by atoms with Crippen LogP contribution in [0.3, 0.4) is 0 Å². The van der Waals surface area contributed by atoms with Crippen molar-refractivity contribution >= 4 is 27.6 Å². The SMILES string of the molecule is Nc1nc(Br)n(-c2nc[nH]c(=O)c2N)n1. The molecule has 0 fully saturated rings. The maximum atomic E-state index is 11.2. The van der Waals surface area contributed by atoms with Gasteiger partial charge in [-0.3, -0.25) is 4.79 Å². The summed E-state index contributed by atoms with van der Waals surface area (Å²) in [7, 11) is 0. The number of anilines is 2. The monoisotopic (exact) mass is 271 g/mol. The van der Waals surface area contributed by atoms with Crippen molar-refractivity contribution in [3.63, 3.8) is 0 Å². The molecule has 15 heavy (non-hydrogen) atoms. The molecule has 2 rings (SSSR count). The molecular weight excluding hydrogens is 266 g/mol. The number of aromatic nitrogens is 5. The molecule has 78 valence electrons. The Morgan fingerprint density at radius 3 is 2.80 bits per heavy atom. The van der Waals surface area contributed by atoms with Crippen molar-refractivity contribution in [3.8, 4) is 5.82 Å². The van der Waals surface area contributed by atoms with Gasteiger partial charge in [-0.25, -0.2) is 4.98 Å². The van der Waals surface area contributed by atoms with E-state index in [-0.39, 0.29) is 17.5 Å². The summed E-state index contributed by atoms with van der Waals surface area (Å²) in [6.07, 6.45) is 1.22. The van der Waals surface area contributed by atoms with Gasteiger partial charge in [0.25, 0.3) is 5.56 Å². The molecule has 0 radical (unpaired) electrons. The molecule has 5 N–H and O–H groups in total. The van der Waals surface area contributed by atoms with E-state index in [4.69, 9.17) is 11.5 Å². The van der Waals surface area contributed by atoms with Crippen LogP contribution in [0.25, 0.3) is 5.82 Å². The molecule has 0 aliphatic carbocycles. The standard InChI is InChI=1S/C6H6BrN7O/c7-5-12-6(9)13-14(5)3-2(8)4(15)11-1-10-3/h1H,8H2,(H2,9,13)(H,10,11,15). The van der Waals surface area contributed by atoms with E-state index in [2.05, 4.69) is 36.0 Å². The van der Waals surface area contributed by atoms with E-state index in [1.807, 2.05) is 0 Å². The smallest absolute Gasteiger partial charge is 0.276 e. The van der Waals surface area contributed by atoms with Crippen molar-refractivity contribution in [1.82, 2.24) is 24.7 Å². The van der Waals surface area contributed by atoms with Gasteiger partial charge in [0.05, 0.1) is 6.33 Å². The Labute approximate surface area is 91.5 Å². The third kappa shape index (κ3) is 1.56. The second kappa shape index (κ2) is 3.35. The number of halogens is 1. The molecule has 0 saturated carbocycles.